The van der Waals surface area contributed by atoms with Crippen molar-refractivity contribution in [3.63, 3.8) is 0 Å². The number of hydrogen-bond donors (Lipinski definition) is 3. The molecule has 9 heteroatoms. The van der Waals surface area contributed by atoms with E-state index in [-0.39, 0.29) is 0 Å². The van der Waals surface area contributed by atoms with Gasteiger partial charge >= 0.3 is 0 Å². The smallest absolute Gasteiger partial charge is 0.181 e. The molecule has 5 aromatic rings. The molecule has 1 aliphatic heterocycles. The van der Waals surface area contributed by atoms with Crippen molar-refractivity contribution in [1.82, 2.24) is 30.2 Å². The van der Waals surface area contributed by atoms with E-state index in [4.69, 9.17) is 15.4 Å². The van der Waals surface area contributed by atoms with Crippen LogP contribution in [0.3, 0.4) is 0 Å². The Bertz CT molecular complexity index is 1400. The Hall–Kier alpha value is -3.98. The summed E-state index contributed by atoms with van der Waals surface area (Å²) in [6.45, 7) is 1.94. The van der Waals surface area contributed by atoms with E-state index in [9.17, 15) is 0 Å². The predicted octanol–water partition coefficient (Wildman–Crippen LogP) is 3.88. The third kappa shape index (κ3) is 3.14. The Morgan fingerprint density at radius 3 is 2.69 bits per heavy atom. The summed E-state index contributed by atoms with van der Waals surface area (Å²) in [5.41, 5.74) is 10.5. The maximum absolute atomic E-state index is 6.26. The van der Waals surface area contributed by atoms with Crippen molar-refractivity contribution >= 4 is 39.3 Å². The average molecular weight is 426 g/mol. The van der Waals surface area contributed by atoms with Gasteiger partial charge < -0.3 is 20.9 Å². The minimum atomic E-state index is 0.295. The summed E-state index contributed by atoms with van der Waals surface area (Å²) in [6.07, 6.45) is 3.53. The number of benzene rings is 2. The monoisotopic (exact) mass is 426 g/mol. The second kappa shape index (κ2) is 7.61. The summed E-state index contributed by atoms with van der Waals surface area (Å²) in [7, 11) is 0. The maximum atomic E-state index is 6.26. The summed E-state index contributed by atoms with van der Waals surface area (Å²) in [5, 5.41) is 17.6. The number of para-hydroxylation sites is 1. The molecule has 1 fully saturated rings. The van der Waals surface area contributed by atoms with Gasteiger partial charge in [-0.25, -0.2) is 14.6 Å². The quantitative estimate of drug-likeness (QED) is 0.396. The predicted molar refractivity (Wildman–Crippen MR) is 124 cm³/mol. The lowest BCUT2D eigenvalue weighted by molar-refractivity contribution is 0.350. The molecule has 0 saturated carbocycles. The fraction of sp³-hybridized carbons (Fsp3) is 0.217. The number of nitrogens with zero attached hydrogens (tertiary/aromatic N) is 5. The molecule has 0 unspecified atom stereocenters. The molecule has 1 aliphatic rings. The van der Waals surface area contributed by atoms with Crippen LogP contribution in [0.5, 0.6) is 0 Å². The Labute approximate surface area is 183 Å². The molecular weight excluding hydrogens is 404 g/mol. The van der Waals surface area contributed by atoms with Gasteiger partial charge in [0.25, 0.3) is 0 Å². The van der Waals surface area contributed by atoms with Crippen LogP contribution in [0.4, 0.5) is 17.3 Å². The van der Waals surface area contributed by atoms with E-state index in [1.54, 1.807) is 0 Å². The number of nitrogens with one attached hydrogen (secondary N) is 2. The zero-order valence-electron chi connectivity index (χ0n) is 17.3. The van der Waals surface area contributed by atoms with Crippen molar-refractivity contribution in [2.45, 2.75) is 18.9 Å². The molecule has 3 aromatic heterocycles. The van der Waals surface area contributed by atoms with Gasteiger partial charge in [0.1, 0.15) is 17.8 Å². The van der Waals surface area contributed by atoms with Gasteiger partial charge in [0, 0.05) is 11.3 Å². The van der Waals surface area contributed by atoms with E-state index >= 15 is 0 Å². The topological polar surface area (TPSA) is 120 Å². The molecule has 0 radical (unpaired) electrons. The lowest BCUT2D eigenvalue weighted by Crippen LogP contribution is -2.30. The van der Waals surface area contributed by atoms with Crippen LogP contribution in [-0.4, -0.2) is 38.0 Å². The molecule has 0 atom stereocenters. The van der Waals surface area contributed by atoms with Crippen molar-refractivity contribution in [3.8, 4) is 11.3 Å². The van der Waals surface area contributed by atoms with Gasteiger partial charge in [0.15, 0.2) is 17.0 Å². The number of hydrogen-bond acceptors (Lipinski definition) is 8. The van der Waals surface area contributed by atoms with Gasteiger partial charge in [-0.1, -0.05) is 29.4 Å². The molecule has 32 heavy (non-hydrogen) atoms. The highest BCUT2D eigenvalue weighted by Crippen LogP contribution is 2.34. The maximum Gasteiger partial charge on any atom is 0.181 e. The number of nitrogens with two attached hydrogens (primary N) is 1. The van der Waals surface area contributed by atoms with Gasteiger partial charge in [-0.15, -0.1) is 0 Å². The highest BCUT2D eigenvalue weighted by molar-refractivity contribution is 5.98. The molecule has 6 rings (SSSR count). The number of fused-ring (bicyclic) bond motifs is 2. The van der Waals surface area contributed by atoms with Gasteiger partial charge in [-0.05, 0) is 50.2 Å². The van der Waals surface area contributed by atoms with Crippen LogP contribution in [0, 0.1) is 0 Å². The van der Waals surface area contributed by atoms with E-state index in [0.29, 0.717) is 17.7 Å². The summed E-state index contributed by atoms with van der Waals surface area (Å²) in [6, 6.07) is 16.1. The Balaban J connectivity index is 1.36. The second-order valence-electron chi connectivity index (χ2n) is 7.96. The first kappa shape index (κ1) is 18.8. The molecule has 4 N–H and O–H groups in total. The van der Waals surface area contributed by atoms with Crippen LogP contribution in [0.25, 0.3) is 33.3 Å². The van der Waals surface area contributed by atoms with E-state index in [0.717, 1.165) is 64.9 Å². The molecule has 0 bridgehead atoms. The lowest BCUT2D eigenvalue weighted by Gasteiger charge is -2.23. The first-order chi connectivity index (χ1) is 15.8. The molecule has 160 valence electrons. The summed E-state index contributed by atoms with van der Waals surface area (Å²) < 4.78 is 7.40. The SMILES string of the molecule is Nc1ncnc2c1c(-c1ccc(Nc3noc4ccccc34)cc1)nn2C1CCNCC1. The van der Waals surface area contributed by atoms with Crippen LogP contribution in [0.1, 0.15) is 18.9 Å². The molecule has 0 aliphatic carbocycles. The van der Waals surface area contributed by atoms with Crippen molar-refractivity contribution in [2.24, 2.45) is 0 Å². The molecule has 1 saturated heterocycles. The van der Waals surface area contributed by atoms with E-state index in [1.807, 2.05) is 53.2 Å². The van der Waals surface area contributed by atoms with Crippen molar-refractivity contribution in [2.75, 3.05) is 24.1 Å². The summed E-state index contributed by atoms with van der Waals surface area (Å²) in [5.74, 6) is 1.13. The highest BCUT2D eigenvalue weighted by atomic mass is 16.5. The van der Waals surface area contributed by atoms with Crippen LogP contribution in [-0.2, 0) is 0 Å². The molecule has 9 nitrogen and oxygen atoms in total. The molecule has 0 spiro atoms. The van der Waals surface area contributed by atoms with Gasteiger partial charge in [-0.3, -0.25) is 0 Å². The highest BCUT2D eigenvalue weighted by Gasteiger charge is 2.23. The van der Waals surface area contributed by atoms with E-state index < -0.39 is 0 Å². The zero-order valence-corrected chi connectivity index (χ0v) is 17.3. The van der Waals surface area contributed by atoms with Crippen molar-refractivity contribution in [3.05, 3.63) is 54.9 Å². The normalized spacial score (nSPS) is 14.9. The van der Waals surface area contributed by atoms with Crippen LogP contribution < -0.4 is 16.4 Å². The third-order valence-corrected chi connectivity index (χ3v) is 5.97. The molecule has 2 aromatic carbocycles. The first-order valence-electron chi connectivity index (χ1n) is 10.7. The van der Waals surface area contributed by atoms with E-state index in [2.05, 4.69) is 25.8 Å². The van der Waals surface area contributed by atoms with Gasteiger partial charge in [0.2, 0.25) is 0 Å². The van der Waals surface area contributed by atoms with Gasteiger partial charge in [0.05, 0.1) is 16.8 Å². The standard InChI is InChI=1S/C23H22N8O/c24-21-19-20(29-31(23(19)27-13-26-21)16-9-11-25-12-10-16)14-5-7-15(8-6-14)28-22-17-3-1-2-4-18(17)32-30-22/h1-8,13,16,25H,9-12H2,(H,28,30)(H2,24,26,27). The minimum absolute atomic E-state index is 0.295. The first-order valence-corrected chi connectivity index (χ1v) is 10.7. The number of aromatic nitrogens is 5. The Kier molecular flexibility index (Phi) is 4.46. The number of piperidine rings is 1. The number of rotatable bonds is 4. The van der Waals surface area contributed by atoms with Crippen LogP contribution >= 0.6 is 0 Å². The second-order valence-corrected chi connectivity index (χ2v) is 7.96. The number of nitrogen functional groups attached to an aromatic ring is 1. The molecular formula is C23H22N8O. The fourth-order valence-corrected chi connectivity index (χ4v) is 4.33. The number of anilines is 3. The largest absolute Gasteiger partial charge is 0.383 e. The third-order valence-electron chi connectivity index (χ3n) is 5.97. The summed E-state index contributed by atoms with van der Waals surface area (Å²) >= 11 is 0. The van der Waals surface area contributed by atoms with Gasteiger partial charge in [-0.2, -0.15) is 5.10 Å². The zero-order chi connectivity index (χ0) is 21.5. The van der Waals surface area contributed by atoms with Crippen molar-refractivity contribution < 1.29 is 4.52 Å². The average Bonchev–Trinajstić information content (AvgIpc) is 3.43. The minimum Gasteiger partial charge on any atom is -0.383 e. The van der Waals surface area contributed by atoms with Crippen LogP contribution in [0.2, 0.25) is 0 Å². The lowest BCUT2D eigenvalue weighted by atomic mass is 10.1. The van der Waals surface area contributed by atoms with E-state index in [1.165, 1.54) is 6.33 Å². The summed E-state index contributed by atoms with van der Waals surface area (Å²) in [4.78, 5) is 8.74. The van der Waals surface area contributed by atoms with Crippen LogP contribution in [0.15, 0.2) is 59.4 Å². The molecule has 4 heterocycles. The Morgan fingerprint density at radius 2 is 1.84 bits per heavy atom. The van der Waals surface area contributed by atoms with Crippen molar-refractivity contribution in [1.29, 1.82) is 0 Å². The fourth-order valence-electron chi connectivity index (χ4n) is 4.33. The Morgan fingerprint density at radius 1 is 1.03 bits per heavy atom. The molecule has 0 amide bonds.